The molecule has 0 atom stereocenters. The van der Waals surface area contributed by atoms with Gasteiger partial charge < -0.3 is 9.73 Å². The van der Waals surface area contributed by atoms with Gasteiger partial charge in [0.05, 0.1) is 36.3 Å². The number of rotatable bonds is 5. The van der Waals surface area contributed by atoms with Gasteiger partial charge in [0.2, 0.25) is 5.91 Å². The predicted molar refractivity (Wildman–Crippen MR) is 67.1 cm³/mol. The number of halogens is 1. The Morgan fingerprint density at radius 3 is 3.06 bits per heavy atom. The number of aromatic nitrogens is 2. The Hall–Kier alpha value is -1.75. The summed E-state index contributed by atoms with van der Waals surface area (Å²) in [5, 5.41) is 7.47. The average Bonchev–Trinajstić information content (AvgIpc) is 2.97. The molecule has 0 aromatic carbocycles. The van der Waals surface area contributed by atoms with Crippen LogP contribution in [0.5, 0.6) is 0 Å². The maximum Gasteiger partial charge on any atom is 0.222 e. The molecule has 0 saturated heterocycles. The van der Waals surface area contributed by atoms with E-state index in [0.29, 0.717) is 24.5 Å². The van der Waals surface area contributed by atoms with Gasteiger partial charge in [-0.05, 0) is 19.1 Å². The van der Waals surface area contributed by atoms with Gasteiger partial charge in [-0.15, -0.1) is 0 Å². The minimum Gasteiger partial charge on any atom is -0.467 e. The number of amides is 1. The third-order valence-electron chi connectivity index (χ3n) is 2.63. The van der Waals surface area contributed by atoms with Crippen LogP contribution in [0.25, 0.3) is 0 Å². The third kappa shape index (κ3) is 3.13. The van der Waals surface area contributed by atoms with Crippen molar-refractivity contribution in [2.24, 2.45) is 0 Å². The van der Waals surface area contributed by atoms with E-state index in [1.165, 1.54) is 0 Å². The zero-order valence-corrected chi connectivity index (χ0v) is 10.8. The standard InChI is InChI=1S/C12H14ClN3O2/c1-9-11(13)8-15-16(9)5-4-12(17)14-7-10-3-2-6-18-10/h2-3,6,8H,4-5,7H2,1H3,(H,14,17). The number of carbonyl (C=O) groups excluding carboxylic acids is 1. The van der Waals surface area contributed by atoms with Gasteiger partial charge in [0.1, 0.15) is 5.76 Å². The van der Waals surface area contributed by atoms with Gasteiger partial charge in [0.25, 0.3) is 0 Å². The molecule has 2 aromatic heterocycles. The highest BCUT2D eigenvalue weighted by atomic mass is 35.5. The molecule has 0 radical (unpaired) electrons. The predicted octanol–water partition coefficient (Wildman–Crippen LogP) is 2.14. The zero-order chi connectivity index (χ0) is 13.0. The van der Waals surface area contributed by atoms with Gasteiger partial charge in [-0.2, -0.15) is 5.10 Å². The van der Waals surface area contributed by atoms with Crippen molar-refractivity contribution in [1.82, 2.24) is 15.1 Å². The Morgan fingerprint density at radius 1 is 1.61 bits per heavy atom. The van der Waals surface area contributed by atoms with Crippen molar-refractivity contribution >= 4 is 17.5 Å². The first-order valence-electron chi connectivity index (χ1n) is 5.64. The molecule has 0 saturated carbocycles. The lowest BCUT2D eigenvalue weighted by atomic mass is 10.3. The van der Waals surface area contributed by atoms with E-state index in [9.17, 15) is 4.79 Å². The van der Waals surface area contributed by atoms with E-state index >= 15 is 0 Å². The Morgan fingerprint density at radius 2 is 2.44 bits per heavy atom. The normalized spacial score (nSPS) is 10.6. The number of carbonyl (C=O) groups is 1. The van der Waals surface area contributed by atoms with E-state index in [4.69, 9.17) is 16.0 Å². The molecule has 1 N–H and O–H groups in total. The molecule has 5 nitrogen and oxygen atoms in total. The van der Waals surface area contributed by atoms with Crippen LogP contribution in [0.4, 0.5) is 0 Å². The molecule has 6 heteroatoms. The summed E-state index contributed by atoms with van der Waals surface area (Å²) >= 11 is 5.88. The van der Waals surface area contributed by atoms with Gasteiger partial charge in [0.15, 0.2) is 0 Å². The quantitative estimate of drug-likeness (QED) is 0.903. The summed E-state index contributed by atoms with van der Waals surface area (Å²) < 4.78 is 6.84. The molecule has 96 valence electrons. The first-order chi connectivity index (χ1) is 8.66. The summed E-state index contributed by atoms with van der Waals surface area (Å²) in [5.41, 5.74) is 0.871. The Kier molecular flexibility index (Phi) is 4.04. The molecule has 0 bridgehead atoms. The minimum atomic E-state index is -0.0441. The van der Waals surface area contributed by atoms with Crippen LogP contribution in [0.1, 0.15) is 17.9 Å². The highest BCUT2D eigenvalue weighted by molar-refractivity contribution is 6.31. The fourth-order valence-electron chi connectivity index (χ4n) is 1.54. The lowest BCUT2D eigenvalue weighted by Gasteiger charge is -2.05. The number of hydrogen-bond donors (Lipinski definition) is 1. The fourth-order valence-corrected chi connectivity index (χ4v) is 1.69. The van der Waals surface area contributed by atoms with Crippen LogP contribution in [-0.2, 0) is 17.9 Å². The van der Waals surface area contributed by atoms with Crippen molar-refractivity contribution in [3.8, 4) is 0 Å². The van der Waals surface area contributed by atoms with Gasteiger partial charge >= 0.3 is 0 Å². The van der Waals surface area contributed by atoms with Gasteiger partial charge in [-0.1, -0.05) is 11.6 Å². The molecule has 0 unspecified atom stereocenters. The van der Waals surface area contributed by atoms with Crippen molar-refractivity contribution in [1.29, 1.82) is 0 Å². The van der Waals surface area contributed by atoms with E-state index in [0.717, 1.165) is 11.5 Å². The number of hydrogen-bond acceptors (Lipinski definition) is 3. The average molecular weight is 268 g/mol. The van der Waals surface area contributed by atoms with E-state index in [-0.39, 0.29) is 5.91 Å². The molecule has 2 heterocycles. The topological polar surface area (TPSA) is 60.1 Å². The largest absolute Gasteiger partial charge is 0.467 e. The number of furan rings is 1. The molecule has 0 aliphatic rings. The van der Waals surface area contributed by atoms with Crippen LogP contribution in [0, 0.1) is 6.92 Å². The summed E-state index contributed by atoms with van der Waals surface area (Å²) in [7, 11) is 0. The van der Waals surface area contributed by atoms with Crippen LogP contribution in [-0.4, -0.2) is 15.7 Å². The molecule has 1 amide bonds. The molecule has 0 aliphatic heterocycles. The molecule has 0 aliphatic carbocycles. The highest BCUT2D eigenvalue weighted by Gasteiger charge is 2.07. The number of aryl methyl sites for hydroxylation is 1. The summed E-state index contributed by atoms with van der Waals surface area (Å²) in [5.74, 6) is 0.694. The van der Waals surface area contributed by atoms with Gasteiger partial charge in [-0.3, -0.25) is 9.48 Å². The first-order valence-corrected chi connectivity index (χ1v) is 6.01. The van der Waals surface area contributed by atoms with Crippen LogP contribution in [0.2, 0.25) is 5.02 Å². The minimum absolute atomic E-state index is 0.0441. The number of nitrogens with zero attached hydrogens (tertiary/aromatic N) is 2. The molecule has 2 aromatic rings. The third-order valence-corrected chi connectivity index (χ3v) is 3.00. The summed E-state index contributed by atoms with van der Waals surface area (Å²) in [4.78, 5) is 11.6. The SMILES string of the molecule is Cc1c(Cl)cnn1CCC(=O)NCc1ccco1. The number of nitrogens with one attached hydrogen (secondary N) is 1. The van der Waals surface area contributed by atoms with Crippen molar-refractivity contribution in [3.63, 3.8) is 0 Å². The fraction of sp³-hybridized carbons (Fsp3) is 0.333. The summed E-state index contributed by atoms with van der Waals surface area (Å²) in [6, 6.07) is 3.61. The second kappa shape index (κ2) is 5.73. The maximum atomic E-state index is 11.6. The van der Waals surface area contributed by atoms with Crippen LogP contribution >= 0.6 is 11.6 Å². The van der Waals surface area contributed by atoms with E-state index < -0.39 is 0 Å². The molecule has 0 fully saturated rings. The summed E-state index contributed by atoms with van der Waals surface area (Å²) in [6.45, 7) is 2.79. The van der Waals surface area contributed by atoms with E-state index in [1.807, 2.05) is 13.0 Å². The van der Waals surface area contributed by atoms with Crippen molar-refractivity contribution in [3.05, 3.63) is 41.1 Å². The second-order valence-corrected chi connectivity index (χ2v) is 4.31. The Labute approximate surface area is 110 Å². The van der Waals surface area contributed by atoms with Crippen molar-refractivity contribution in [2.75, 3.05) is 0 Å². The van der Waals surface area contributed by atoms with E-state index in [1.54, 1.807) is 23.2 Å². The van der Waals surface area contributed by atoms with Crippen molar-refractivity contribution < 1.29 is 9.21 Å². The molecule has 18 heavy (non-hydrogen) atoms. The zero-order valence-electron chi connectivity index (χ0n) is 10.0. The van der Waals surface area contributed by atoms with Crippen LogP contribution < -0.4 is 5.32 Å². The second-order valence-electron chi connectivity index (χ2n) is 3.91. The Balaban J connectivity index is 1.76. The van der Waals surface area contributed by atoms with Crippen LogP contribution in [0.15, 0.2) is 29.0 Å². The first kappa shape index (κ1) is 12.7. The van der Waals surface area contributed by atoms with Gasteiger partial charge in [0, 0.05) is 6.42 Å². The van der Waals surface area contributed by atoms with Gasteiger partial charge in [-0.25, -0.2) is 0 Å². The monoisotopic (exact) mass is 267 g/mol. The van der Waals surface area contributed by atoms with E-state index in [2.05, 4.69) is 10.4 Å². The molecular weight excluding hydrogens is 254 g/mol. The molecule has 2 rings (SSSR count). The Bertz CT molecular complexity index is 519. The van der Waals surface area contributed by atoms with Crippen LogP contribution in [0.3, 0.4) is 0 Å². The highest BCUT2D eigenvalue weighted by Crippen LogP contribution is 2.13. The lowest BCUT2D eigenvalue weighted by Crippen LogP contribution is -2.24. The molecule has 0 spiro atoms. The van der Waals surface area contributed by atoms with Crippen molar-refractivity contribution in [2.45, 2.75) is 26.4 Å². The maximum absolute atomic E-state index is 11.6. The molecular formula is C12H14ClN3O2. The smallest absolute Gasteiger partial charge is 0.222 e. The summed E-state index contributed by atoms with van der Waals surface area (Å²) in [6.07, 6.45) is 3.52. The lowest BCUT2D eigenvalue weighted by molar-refractivity contribution is -0.121.